The average molecular weight is 163 g/mol. The lowest BCUT2D eigenvalue weighted by Gasteiger charge is -1.99. The Morgan fingerprint density at radius 1 is 1.50 bits per heavy atom. The highest BCUT2D eigenvalue weighted by Gasteiger charge is 1.94. The lowest BCUT2D eigenvalue weighted by molar-refractivity contribution is 0.474. The van der Waals surface area contributed by atoms with Crippen molar-refractivity contribution in [2.24, 2.45) is 5.73 Å². The van der Waals surface area contributed by atoms with E-state index in [9.17, 15) is 5.11 Å². The first kappa shape index (κ1) is 8.81. The van der Waals surface area contributed by atoms with Crippen LogP contribution in [0.5, 0.6) is 5.75 Å². The van der Waals surface area contributed by atoms with Crippen molar-refractivity contribution in [1.82, 2.24) is 0 Å². The van der Waals surface area contributed by atoms with Crippen molar-refractivity contribution in [3.05, 3.63) is 35.4 Å². The first-order valence-electron chi connectivity index (χ1n) is 3.89. The van der Waals surface area contributed by atoms with E-state index < -0.39 is 0 Å². The van der Waals surface area contributed by atoms with E-state index in [1.165, 1.54) is 0 Å². The van der Waals surface area contributed by atoms with Gasteiger partial charge >= 0.3 is 0 Å². The van der Waals surface area contributed by atoms with Crippen molar-refractivity contribution in [3.8, 4) is 5.75 Å². The Balaban J connectivity index is 2.96. The summed E-state index contributed by atoms with van der Waals surface area (Å²) in [6.07, 6.45) is 1.88. The SMILES string of the molecule is C/C(=C/c1ccccc1O)CN. The Morgan fingerprint density at radius 3 is 2.75 bits per heavy atom. The van der Waals surface area contributed by atoms with Gasteiger partial charge in [0.15, 0.2) is 0 Å². The molecule has 12 heavy (non-hydrogen) atoms. The van der Waals surface area contributed by atoms with Crippen molar-refractivity contribution in [2.75, 3.05) is 6.54 Å². The minimum atomic E-state index is 0.297. The molecule has 0 aliphatic heterocycles. The van der Waals surface area contributed by atoms with Crippen LogP contribution in [-0.4, -0.2) is 11.7 Å². The second kappa shape index (κ2) is 3.93. The minimum absolute atomic E-state index is 0.297. The van der Waals surface area contributed by atoms with E-state index >= 15 is 0 Å². The predicted molar refractivity (Wildman–Crippen MR) is 50.8 cm³/mol. The average Bonchev–Trinajstić information content (AvgIpc) is 2.09. The summed E-state index contributed by atoms with van der Waals surface area (Å²) in [7, 11) is 0. The second-order valence-electron chi connectivity index (χ2n) is 2.75. The number of hydrogen-bond donors (Lipinski definition) is 2. The maximum atomic E-state index is 9.37. The zero-order chi connectivity index (χ0) is 8.97. The van der Waals surface area contributed by atoms with Crippen molar-refractivity contribution in [1.29, 1.82) is 0 Å². The molecule has 0 bridgehead atoms. The van der Waals surface area contributed by atoms with Crippen LogP contribution in [0.3, 0.4) is 0 Å². The number of nitrogens with two attached hydrogens (primary N) is 1. The van der Waals surface area contributed by atoms with Crippen LogP contribution >= 0.6 is 0 Å². The minimum Gasteiger partial charge on any atom is -0.507 e. The topological polar surface area (TPSA) is 46.2 Å². The molecule has 0 aliphatic rings. The Hall–Kier alpha value is -1.28. The summed E-state index contributed by atoms with van der Waals surface area (Å²) < 4.78 is 0. The molecule has 0 atom stereocenters. The normalized spacial score (nSPS) is 11.7. The van der Waals surface area contributed by atoms with E-state index in [4.69, 9.17) is 5.73 Å². The number of para-hydroxylation sites is 1. The molecule has 1 aromatic carbocycles. The maximum absolute atomic E-state index is 9.37. The summed E-state index contributed by atoms with van der Waals surface area (Å²) in [5.41, 5.74) is 7.29. The zero-order valence-corrected chi connectivity index (χ0v) is 7.12. The Morgan fingerprint density at radius 2 is 2.17 bits per heavy atom. The molecule has 0 radical (unpaired) electrons. The number of phenolic OH excluding ortho intramolecular Hbond substituents is 1. The van der Waals surface area contributed by atoms with Crippen LogP contribution in [0.15, 0.2) is 29.8 Å². The summed E-state index contributed by atoms with van der Waals surface area (Å²) in [6.45, 7) is 2.46. The first-order valence-corrected chi connectivity index (χ1v) is 3.89. The molecule has 0 saturated heterocycles. The van der Waals surface area contributed by atoms with Crippen molar-refractivity contribution < 1.29 is 5.11 Å². The largest absolute Gasteiger partial charge is 0.507 e. The van der Waals surface area contributed by atoms with Crippen LogP contribution in [0.25, 0.3) is 6.08 Å². The maximum Gasteiger partial charge on any atom is 0.122 e. The number of hydrogen-bond acceptors (Lipinski definition) is 2. The first-order chi connectivity index (χ1) is 5.74. The van der Waals surface area contributed by atoms with E-state index in [2.05, 4.69) is 0 Å². The molecule has 0 heterocycles. The van der Waals surface area contributed by atoms with Gasteiger partial charge in [0.1, 0.15) is 5.75 Å². The summed E-state index contributed by atoms with van der Waals surface area (Å²) in [5, 5.41) is 9.37. The van der Waals surface area contributed by atoms with Gasteiger partial charge in [-0.15, -0.1) is 0 Å². The van der Waals surface area contributed by atoms with Crippen LogP contribution in [0.1, 0.15) is 12.5 Å². The van der Waals surface area contributed by atoms with Gasteiger partial charge < -0.3 is 10.8 Å². The molecule has 0 amide bonds. The van der Waals surface area contributed by atoms with Crippen LogP contribution in [0.2, 0.25) is 0 Å². The van der Waals surface area contributed by atoms with Gasteiger partial charge in [0, 0.05) is 12.1 Å². The van der Waals surface area contributed by atoms with Crippen LogP contribution in [0, 0.1) is 0 Å². The fraction of sp³-hybridized carbons (Fsp3) is 0.200. The molecule has 1 aromatic rings. The molecule has 1 rings (SSSR count). The Kier molecular flexibility index (Phi) is 2.88. The molecule has 0 fully saturated rings. The fourth-order valence-electron chi connectivity index (χ4n) is 0.934. The van der Waals surface area contributed by atoms with Crippen LogP contribution in [-0.2, 0) is 0 Å². The lowest BCUT2D eigenvalue weighted by atomic mass is 10.1. The van der Waals surface area contributed by atoms with Gasteiger partial charge in [-0.25, -0.2) is 0 Å². The van der Waals surface area contributed by atoms with E-state index in [1.807, 2.05) is 25.1 Å². The van der Waals surface area contributed by atoms with Gasteiger partial charge in [-0.3, -0.25) is 0 Å². The highest BCUT2D eigenvalue weighted by molar-refractivity contribution is 5.58. The zero-order valence-electron chi connectivity index (χ0n) is 7.12. The lowest BCUT2D eigenvalue weighted by Crippen LogP contribution is -1.99. The molecular weight excluding hydrogens is 150 g/mol. The van der Waals surface area contributed by atoms with Crippen LogP contribution in [0.4, 0.5) is 0 Å². The van der Waals surface area contributed by atoms with E-state index in [0.717, 1.165) is 11.1 Å². The standard InChI is InChI=1S/C10H13NO/c1-8(7-11)6-9-4-2-3-5-10(9)12/h2-6,12H,7,11H2,1H3/b8-6-. The predicted octanol–water partition coefficient (Wildman–Crippen LogP) is 1.75. The highest BCUT2D eigenvalue weighted by atomic mass is 16.3. The van der Waals surface area contributed by atoms with Gasteiger partial charge in [-0.1, -0.05) is 29.8 Å². The quantitative estimate of drug-likeness (QED) is 0.697. The highest BCUT2D eigenvalue weighted by Crippen LogP contribution is 2.18. The molecule has 64 valence electrons. The van der Waals surface area contributed by atoms with Gasteiger partial charge in [0.25, 0.3) is 0 Å². The van der Waals surface area contributed by atoms with E-state index in [0.29, 0.717) is 12.3 Å². The van der Waals surface area contributed by atoms with E-state index in [1.54, 1.807) is 12.1 Å². The van der Waals surface area contributed by atoms with Crippen molar-refractivity contribution in [3.63, 3.8) is 0 Å². The second-order valence-corrected chi connectivity index (χ2v) is 2.75. The fourth-order valence-corrected chi connectivity index (χ4v) is 0.934. The third-order valence-corrected chi connectivity index (χ3v) is 1.66. The third-order valence-electron chi connectivity index (χ3n) is 1.66. The number of benzene rings is 1. The summed E-state index contributed by atoms with van der Waals surface area (Å²) in [4.78, 5) is 0. The van der Waals surface area contributed by atoms with Gasteiger partial charge in [0.05, 0.1) is 0 Å². The molecule has 2 nitrogen and oxygen atoms in total. The van der Waals surface area contributed by atoms with Crippen LogP contribution < -0.4 is 5.73 Å². The smallest absolute Gasteiger partial charge is 0.122 e. The van der Waals surface area contributed by atoms with Gasteiger partial charge in [0.2, 0.25) is 0 Å². The monoisotopic (exact) mass is 163 g/mol. The molecule has 3 N–H and O–H groups in total. The molecule has 2 heteroatoms. The number of rotatable bonds is 2. The number of aromatic hydroxyl groups is 1. The van der Waals surface area contributed by atoms with E-state index in [-0.39, 0.29) is 0 Å². The molecular formula is C10H13NO. The Bertz CT molecular complexity index is 292. The summed E-state index contributed by atoms with van der Waals surface area (Å²) in [5.74, 6) is 0.297. The molecule has 0 saturated carbocycles. The van der Waals surface area contributed by atoms with Crippen molar-refractivity contribution in [2.45, 2.75) is 6.92 Å². The van der Waals surface area contributed by atoms with Gasteiger partial charge in [-0.2, -0.15) is 0 Å². The third kappa shape index (κ3) is 2.10. The summed E-state index contributed by atoms with van der Waals surface area (Å²) in [6, 6.07) is 7.20. The Labute approximate surface area is 72.3 Å². The summed E-state index contributed by atoms with van der Waals surface area (Å²) >= 11 is 0. The molecule has 0 aliphatic carbocycles. The van der Waals surface area contributed by atoms with Crippen molar-refractivity contribution >= 4 is 6.08 Å². The number of phenols is 1. The van der Waals surface area contributed by atoms with Gasteiger partial charge in [-0.05, 0) is 13.0 Å². The molecule has 0 unspecified atom stereocenters. The molecule has 0 spiro atoms. The molecule has 0 aromatic heterocycles.